The molecule has 1 aromatic rings. The maximum atomic E-state index is 12.9. The lowest BCUT2D eigenvalue weighted by atomic mass is 9.85. The maximum absolute atomic E-state index is 12.9. The van der Waals surface area contributed by atoms with E-state index in [0.29, 0.717) is 30.7 Å². The first-order valence-electron chi connectivity index (χ1n) is 8.41. The third-order valence-electron chi connectivity index (χ3n) is 4.63. The van der Waals surface area contributed by atoms with E-state index in [1.807, 2.05) is 13.8 Å². The smallest absolute Gasteiger partial charge is 0.241 e. The Morgan fingerprint density at radius 3 is 2.46 bits per heavy atom. The average molecular weight is 353 g/mol. The van der Waals surface area contributed by atoms with Gasteiger partial charge in [0, 0.05) is 19.0 Å². The highest BCUT2D eigenvalue weighted by Gasteiger charge is 2.26. The van der Waals surface area contributed by atoms with E-state index in [1.54, 1.807) is 6.07 Å². The van der Waals surface area contributed by atoms with Crippen molar-refractivity contribution in [1.82, 2.24) is 10.0 Å². The molecule has 1 saturated heterocycles. The number of sulfonamides is 1. The van der Waals surface area contributed by atoms with E-state index in [9.17, 15) is 13.2 Å². The van der Waals surface area contributed by atoms with Crippen molar-refractivity contribution in [2.75, 3.05) is 6.54 Å². The van der Waals surface area contributed by atoms with Crippen LogP contribution in [-0.2, 0) is 20.2 Å². The normalized spacial score (nSPS) is 19.7. The number of carbonyl (C=O) groups is 1. The van der Waals surface area contributed by atoms with E-state index in [1.165, 1.54) is 0 Å². The number of hydrogen-bond donors (Lipinski definition) is 2. The zero-order valence-corrected chi connectivity index (χ0v) is 16.0. The lowest BCUT2D eigenvalue weighted by Gasteiger charge is -2.23. The van der Waals surface area contributed by atoms with Gasteiger partial charge in [0.2, 0.25) is 15.9 Å². The third-order valence-corrected chi connectivity index (χ3v) is 6.28. The molecule has 1 fully saturated rings. The van der Waals surface area contributed by atoms with Crippen molar-refractivity contribution in [2.24, 2.45) is 0 Å². The van der Waals surface area contributed by atoms with Crippen LogP contribution in [-0.4, -0.2) is 26.9 Å². The van der Waals surface area contributed by atoms with E-state index in [0.717, 1.165) is 16.7 Å². The summed E-state index contributed by atoms with van der Waals surface area (Å²) in [5, 5.41) is 2.78. The number of benzene rings is 1. The summed E-state index contributed by atoms with van der Waals surface area (Å²) in [5.74, 6) is -0.0153. The summed E-state index contributed by atoms with van der Waals surface area (Å²) < 4.78 is 28.7. The molecule has 0 radical (unpaired) electrons. The summed E-state index contributed by atoms with van der Waals surface area (Å²) >= 11 is 0. The van der Waals surface area contributed by atoms with E-state index in [4.69, 9.17) is 0 Å². The molecule has 134 valence electrons. The van der Waals surface area contributed by atoms with Crippen molar-refractivity contribution >= 4 is 15.9 Å². The maximum Gasteiger partial charge on any atom is 0.241 e. The van der Waals surface area contributed by atoms with Crippen molar-refractivity contribution in [2.45, 2.75) is 70.2 Å². The summed E-state index contributed by atoms with van der Waals surface area (Å²) in [6.07, 6.45) is 1.50. The summed E-state index contributed by atoms with van der Waals surface area (Å²) in [6.45, 7) is 10.5. The molecule has 0 bridgehead atoms. The van der Waals surface area contributed by atoms with Crippen LogP contribution in [0.25, 0.3) is 0 Å². The van der Waals surface area contributed by atoms with Crippen LogP contribution in [0.1, 0.15) is 56.7 Å². The van der Waals surface area contributed by atoms with Gasteiger partial charge >= 0.3 is 0 Å². The van der Waals surface area contributed by atoms with Gasteiger partial charge in [-0.25, -0.2) is 13.1 Å². The molecule has 6 heteroatoms. The molecule has 2 rings (SSSR count). The molecule has 1 aromatic carbocycles. The second kappa shape index (κ2) is 6.84. The van der Waals surface area contributed by atoms with Crippen LogP contribution < -0.4 is 10.0 Å². The monoisotopic (exact) mass is 352 g/mol. The molecule has 0 aromatic heterocycles. The first kappa shape index (κ1) is 18.9. The number of aryl methyl sites for hydroxylation is 1. The van der Waals surface area contributed by atoms with Gasteiger partial charge in [0.15, 0.2) is 0 Å². The molecule has 1 amide bonds. The topological polar surface area (TPSA) is 75.3 Å². The fraction of sp³-hybridized carbons (Fsp3) is 0.611. The summed E-state index contributed by atoms with van der Waals surface area (Å²) in [4.78, 5) is 11.8. The molecule has 1 heterocycles. The molecule has 1 aliphatic rings. The minimum Gasteiger partial charge on any atom is -0.356 e. The van der Waals surface area contributed by atoms with Gasteiger partial charge < -0.3 is 5.32 Å². The zero-order chi connectivity index (χ0) is 18.1. The highest BCUT2D eigenvalue weighted by molar-refractivity contribution is 7.89. The quantitative estimate of drug-likeness (QED) is 0.878. The fourth-order valence-corrected chi connectivity index (χ4v) is 4.51. The number of carbonyl (C=O) groups excluding carboxylic acids is 1. The summed E-state index contributed by atoms with van der Waals surface area (Å²) in [5.41, 5.74) is 2.63. The van der Waals surface area contributed by atoms with Gasteiger partial charge in [-0.15, -0.1) is 0 Å². The number of rotatable bonds is 3. The number of nitrogens with one attached hydrogen (secondary N) is 2. The molecular weight excluding hydrogens is 324 g/mol. The SMILES string of the molecule is Cc1cc(C(C)(C)C)cc(S(=O)(=O)NC2CCNC(=O)CC2)c1C. The van der Waals surface area contributed by atoms with E-state index in [2.05, 4.69) is 36.9 Å². The first-order valence-corrected chi connectivity index (χ1v) is 9.90. The predicted octanol–water partition coefficient (Wildman–Crippen LogP) is 2.55. The molecule has 0 spiro atoms. The van der Waals surface area contributed by atoms with Crippen molar-refractivity contribution in [3.63, 3.8) is 0 Å². The molecule has 0 aliphatic carbocycles. The van der Waals surface area contributed by atoms with Crippen LogP contribution in [0.15, 0.2) is 17.0 Å². The largest absolute Gasteiger partial charge is 0.356 e. The predicted molar refractivity (Wildman–Crippen MR) is 95.6 cm³/mol. The Labute approximate surface area is 145 Å². The number of amides is 1. The van der Waals surface area contributed by atoms with Gasteiger partial charge in [-0.1, -0.05) is 26.8 Å². The van der Waals surface area contributed by atoms with E-state index >= 15 is 0 Å². The number of hydrogen-bond acceptors (Lipinski definition) is 3. The highest BCUT2D eigenvalue weighted by atomic mass is 32.2. The lowest BCUT2D eigenvalue weighted by molar-refractivity contribution is -0.120. The average Bonchev–Trinajstić information content (AvgIpc) is 2.64. The molecule has 5 nitrogen and oxygen atoms in total. The summed E-state index contributed by atoms with van der Waals surface area (Å²) in [7, 11) is -3.62. The Hall–Kier alpha value is -1.40. The Morgan fingerprint density at radius 2 is 1.83 bits per heavy atom. The van der Waals surface area contributed by atoms with Crippen LogP contribution in [0.4, 0.5) is 0 Å². The van der Waals surface area contributed by atoms with Crippen LogP contribution in [0.3, 0.4) is 0 Å². The highest BCUT2D eigenvalue weighted by Crippen LogP contribution is 2.29. The van der Waals surface area contributed by atoms with Crippen molar-refractivity contribution < 1.29 is 13.2 Å². The standard InChI is InChI=1S/C18H28N2O3S/c1-12-10-14(18(3,4)5)11-16(13(12)2)24(22,23)20-15-6-7-17(21)19-9-8-15/h10-11,15,20H,6-9H2,1-5H3,(H,19,21). The lowest BCUT2D eigenvalue weighted by Crippen LogP contribution is -2.36. The van der Waals surface area contributed by atoms with E-state index < -0.39 is 10.0 Å². The van der Waals surface area contributed by atoms with Gasteiger partial charge in [-0.2, -0.15) is 0 Å². The Bertz CT molecular complexity index is 733. The fourth-order valence-electron chi connectivity index (χ4n) is 2.86. The summed E-state index contributed by atoms with van der Waals surface area (Å²) in [6, 6.07) is 3.62. The molecule has 0 saturated carbocycles. The van der Waals surface area contributed by atoms with Gasteiger partial charge in [-0.05, 0) is 54.9 Å². The first-order chi connectivity index (χ1) is 11.0. The van der Waals surface area contributed by atoms with Gasteiger partial charge in [0.05, 0.1) is 4.90 Å². The van der Waals surface area contributed by atoms with Crippen LogP contribution in [0.5, 0.6) is 0 Å². The second-order valence-corrected chi connectivity index (χ2v) is 9.34. The Morgan fingerprint density at radius 1 is 1.17 bits per heavy atom. The van der Waals surface area contributed by atoms with Gasteiger partial charge in [0.25, 0.3) is 0 Å². The minimum atomic E-state index is -3.62. The second-order valence-electron chi connectivity index (χ2n) is 7.66. The molecule has 1 aliphatic heterocycles. The van der Waals surface area contributed by atoms with E-state index in [-0.39, 0.29) is 17.4 Å². The van der Waals surface area contributed by atoms with Crippen molar-refractivity contribution in [3.8, 4) is 0 Å². The molecule has 2 N–H and O–H groups in total. The van der Waals surface area contributed by atoms with Crippen molar-refractivity contribution in [1.29, 1.82) is 0 Å². The van der Waals surface area contributed by atoms with Crippen LogP contribution >= 0.6 is 0 Å². The minimum absolute atomic E-state index is 0.0153. The van der Waals surface area contributed by atoms with Gasteiger partial charge in [0.1, 0.15) is 0 Å². The van der Waals surface area contributed by atoms with Crippen LogP contribution in [0, 0.1) is 13.8 Å². The molecule has 1 unspecified atom stereocenters. The van der Waals surface area contributed by atoms with Crippen LogP contribution in [0.2, 0.25) is 0 Å². The van der Waals surface area contributed by atoms with Crippen molar-refractivity contribution in [3.05, 3.63) is 28.8 Å². The Balaban J connectivity index is 2.35. The zero-order valence-electron chi connectivity index (χ0n) is 15.2. The molecule has 24 heavy (non-hydrogen) atoms. The molecule has 1 atom stereocenters. The third kappa shape index (κ3) is 4.36. The Kier molecular flexibility index (Phi) is 5.40. The van der Waals surface area contributed by atoms with Gasteiger partial charge in [-0.3, -0.25) is 4.79 Å². The molecular formula is C18H28N2O3S.